The molecule has 0 saturated carbocycles. The van der Waals surface area contributed by atoms with Gasteiger partial charge in [-0.25, -0.2) is 9.97 Å². The van der Waals surface area contributed by atoms with Crippen molar-refractivity contribution in [2.45, 2.75) is 19.3 Å². The number of ketones is 1. The molecule has 28 heavy (non-hydrogen) atoms. The number of carbonyl (C=O) groups excluding carboxylic acids is 1. The van der Waals surface area contributed by atoms with Crippen LogP contribution in [0.2, 0.25) is 0 Å². The first kappa shape index (κ1) is 18.2. The summed E-state index contributed by atoms with van der Waals surface area (Å²) in [5.74, 6) is 0.911. The van der Waals surface area contributed by atoms with Gasteiger partial charge in [-0.1, -0.05) is 12.1 Å². The van der Waals surface area contributed by atoms with Crippen molar-refractivity contribution in [1.29, 1.82) is 5.26 Å². The summed E-state index contributed by atoms with van der Waals surface area (Å²) in [4.78, 5) is 28.0. The zero-order chi connectivity index (χ0) is 19.5. The van der Waals surface area contributed by atoms with Crippen molar-refractivity contribution < 1.29 is 4.79 Å². The largest absolute Gasteiger partial charge is 0.306 e. The fourth-order valence-corrected chi connectivity index (χ4v) is 3.62. The lowest BCUT2D eigenvalue weighted by atomic mass is 9.91. The molecule has 1 aromatic carbocycles. The Bertz CT molecular complexity index is 1060. The quantitative estimate of drug-likeness (QED) is 0.701. The molecule has 6 nitrogen and oxygen atoms in total. The summed E-state index contributed by atoms with van der Waals surface area (Å²) in [5.41, 5.74) is 3.11. The number of hydrogen-bond donors (Lipinski definition) is 0. The highest BCUT2D eigenvalue weighted by molar-refractivity contribution is 5.85. The molecule has 4 rings (SSSR count). The summed E-state index contributed by atoms with van der Waals surface area (Å²) >= 11 is 0. The first-order valence-corrected chi connectivity index (χ1v) is 9.45. The van der Waals surface area contributed by atoms with E-state index in [2.05, 4.69) is 33.0 Å². The van der Waals surface area contributed by atoms with E-state index in [1.165, 1.54) is 0 Å². The lowest BCUT2D eigenvalue weighted by Gasteiger charge is -2.27. The van der Waals surface area contributed by atoms with E-state index in [1.54, 1.807) is 24.7 Å². The molecule has 0 bridgehead atoms. The van der Waals surface area contributed by atoms with Gasteiger partial charge in [0, 0.05) is 35.5 Å². The summed E-state index contributed by atoms with van der Waals surface area (Å²) in [6.07, 6.45) is 7.14. The molecule has 0 N–H and O–H groups in total. The maximum atomic E-state index is 12.6. The van der Waals surface area contributed by atoms with Crippen molar-refractivity contribution >= 4 is 16.7 Å². The highest BCUT2D eigenvalue weighted by Crippen LogP contribution is 2.24. The molecule has 1 saturated heterocycles. The predicted octanol–water partition coefficient (Wildman–Crippen LogP) is 3.02. The summed E-state index contributed by atoms with van der Waals surface area (Å²) in [6.45, 7) is 1.93. The smallest absolute Gasteiger partial charge is 0.143 e. The number of benzene rings is 1. The zero-order valence-electron chi connectivity index (χ0n) is 15.8. The second-order valence-electron chi connectivity index (χ2n) is 7.35. The number of fused-ring (bicyclic) bond motifs is 1. The first-order valence-electron chi connectivity index (χ1n) is 9.45. The van der Waals surface area contributed by atoms with Gasteiger partial charge in [0.25, 0.3) is 0 Å². The van der Waals surface area contributed by atoms with Gasteiger partial charge in [0.2, 0.25) is 0 Å². The maximum Gasteiger partial charge on any atom is 0.143 e. The number of nitriles is 1. The second kappa shape index (κ2) is 7.83. The van der Waals surface area contributed by atoms with Crippen molar-refractivity contribution in [3.8, 4) is 17.2 Å². The number of aromatic nitrogens is 3. The van der Waals surface area contributed by atoms with Crippen molar-refractivity contribution in [2.75, 3.05) is 20.1 Å². The van der Waals surface area contributed by atoms with E-state index in [-0.39, 0.29) is 18.1 Å². The molecule has 0 spiro atoms. The molecule has 0 amide bonds. The highest BCUT2D eigenvalue weighted by atomic mass is 16.1. The Hall–Kier alpha value is -3.17. The van der Waals surface area contributed by atoms with Crippen LogP contribution >= 0.6 is 0 Å². The predicted molar refractivity (Wildman–Crippen MR) is 106 cm³/mol. The third-order valence-corrected chi connectivity index (χ3v) is 5.34. The van der Waals surface area contributed by atoms with E-state index in [9.17, 15) is 4.79 Å². The van der Waals surface area contributed by atoms with Crippen LogP contribution in [0.25, 0.3) is 22.0 Å². The van der Waals surface area contributed by atoms with Gasteiger partial charge in [-0.05, 0) is 50.7 Å². The number of Topliss-reactive ketones (excluding diaryl/α,β-unsaturated/α-hetero) is 1. The standard InChI is InChI=1S/C22H21N5O/c1-27-6-4-16(5-7-27)21(28)10-22-25-14-18-3-2-17(9-20(18)26-22)19-8-15(11-23)12-24-13-19/h2-3,8-9,12-14,16H,4-7,10H2,1H3. The average molecular weight is 371 g/mol. The highest BCUT2D eigenvalue weighted by Gasteiger charge is 2.24. The van der Waals surface area contributed by atoms with E-state index < -0.39 is 0 Å². The Kier molecular flexibility index (Phi) is 5.09. The van der Waals surface area contributed by atoms with Crippen LogP contribution in [0.5, 0.6) is 0 Å². The van der Waals surface area contributed by atoms with Crippen LogP contribution in [0.4, 0.5) is 0 Å². The first-order chi connectivity index (χ1) is 13.6. The molecule has 0 aliphatic carbocycles. The minimum Gasteiger partial charge on any atom is -0.306 e. The lowest BCUT2D eigenvalue weighted by Crippen LogP contribution is -2.34. The Balaban J connectivity index is 1.57. The van der Waals surface area contributed by atoms with E-state index in [4.69, 9.17) is 5.26 Å². The maximum absolute atomic E-state index is 12.6. The van der Waals surface area contributed by atoms with Crippen molar-refractivity contribution in [2.24, 2.45) is 5.92 Å². The fraction of sp³-hybridized carbons (Fsp3) is 0.318. The van der Waals surface area contributed by atoms with Crippen LogP contribution in [-0.2, 0) is 11.2 Å². The molecule has 0 atom stereocenters. The Labute approximate surface area is 163 Å². The molecule has 0 unspecified atom stereocenters. The monoisotopic (exact) mass is 371 g/mol. The number of nitrogens with zero attached hydrogens (tertiary/aromatic N) is 5. The summed E-state index contributed by atoms with van der Waals surface area (Å²) in [7, 11) is 2.09. The number of rotatable bonds is 4. The molecular formula is C22H21N5O. The minimum absolute atomic E-state index is 0.113. The van der Waals surface area contributed by atoms with Crippen LogP contribution in [0, 0.1) is 17.2 Å². The van der Waals surface area contributed by atoms with E-state index in [0.717, 1.165) is 48.0 Å². The van der Waals surface area contributed by atoms with Crippen molar-refractivity contribution in [3.63, 3.8) is 0 Å². The zero-order valence-corrected chi connectivity index (χ0v) is 15.8. The van der Waals surface area contributed by atoms with Crippen LogP contribution < -0.4 is 0 Å². The molecule has 1 aliphatic rings. The van der Waals surface area contributed by atoms with Gasteiger partial charge >= 0.3 is 0 Å². The Morgan fingerprint density at radius 3 is 2.79 bits per heavy atom. The van der Waals surface area contributed by atoms with E-state index in [0.29, 0.717) is 11.4 Å². The third kappa shape index (κ3) is 3.90. The van der Waals surface area contributed by atoms with Crippen LogP contribution in [-0.4, -0.2) is 45.8 Å². The van der Waals surface area contributed by atoms with Crippen LogP contribution in [0.1, 0.15) is 24.2 Å². The van der Waals surface area contributed by atoms with Crippen molar-refractivity contribution in [1.82, 2.24) is 19.9 Å². The van der Waals surface area contributed by atoms with Gasteiger partial charge in [-0.2, -0.15) is 5.26 Å². The van der Waals surface area contributed by atoms with Gasteiger partial charge in [-0.15, -0.1) is 0 Å². The summed E-state index contributed by atoms with van der Waals surface area (Å²) < 4.78 is 0. The van der Waals surface area contributed by atoms with Gasteiger partial charge in [0.05, 0.1) is 17.5 Å². The van der Waals surface area contributed by atoms with E-state index in [1.807, 2.05) is 18.2 Å². The van der Waals surface area contributed by atoms with E-state index >= 15 is 0 Å². The number of pyridine rings is 1. The lowest BCUT2D eigenvalue weighted by molar-refractivity contribution is -0.123. The minimum atomic E-state index is 0.113. The van der Waals surface area contributed by atoms with Crippen LogP contribution in [0.15, 0.2) is 42.9 Å². The molecule has 1 aliphatic heterocycles. The van der Waals surface area contributed by atoms with Gasteiger partial charge in [0.1, 0.15) is 17.7 Å². The average Bonchev–Trinajstić information content (AvgIpc) is 2.73. The molecule has 3 heterocycles. The van der Waals surface area contributed by atoms with Crippen molar-refractivity contribution in [3.05, 3.63) is 54.2 Å². The summed E-state index contributed by atoms with van der Waals surface area (Å²) in [6, 6.07) is 9.79. The SMILES string of the molecule is CN1CCC(C(=O)Cc2ncc3ccc(-c4cncc(C#N)c4)cc3n2)CC1. The Morgan fingerprint density at radius 2 is 2.00 bits per heavy atom. The molecule has 1 fully saturated rings. The molecule has 3 aromatic rings. The van der Waals surface area contributed by atoms with Gasteiger partial charge < -0.3 is 4.90 Å². The number of piperidine rings is 1. The third-order valence-electron chi connectivity index (χ3n) is 5.34. The summed E-state index contributed by atoms with van der Waals surface area (Å²) in [5, 5.41) is 10.00. The molecule has 6 heteroatoms. The number of likely N-dealkylation sites (tertiary alicyclic amines) is 1. The molecular weight excluding hydrogens is 350 g/mol. The van der Waals surface area contributed by atoms with Crippen LogP contribution in [0.3, 0.4) is 0 Å². The second-order valence-corrected chi connectivity index (χ2v) is 7.35. The topological polar surface area (TPSA) is 82.8 Å². The molecule has 0 radical (unpaired) electrons. The normalized spacial score (nSPS) is 15.4. The fourth-order valence-electron chi connectivity index (χ4n) is 3.62. The number of carbonyl (C=O) groups is 1. The number of hydrogen-bond acceptors (Lipinski definition) is 6. The van der Waals surface area contributed by atoms with Gasteiger partial charge in [0.15, 0.2) is 0 Å². The molecule has 140 valence electrons. The Morgan fingerprint density at radius 1 is 1.18 bits per heavy atom. The van der Waals surface area contributed by atoms with Gasteiger partial charge in [-0.3, -0.25) is 9.78 Å². The molecule has 2 aromatic heterocycles.